The van der Waals surface area contributed by atoms with Gasteiger partial charge in [-0.15, -0.1) is 0 Å². The zero-order valence-electron chi connectivity index (χ0n) is 11.8. The average molecular weight is 306 g/mol. The predicted molar refractivity (Wildman–Crippen MR) is 83.2 cm³/mol. The fourth-order valence-electron chi connectivity index (χ4n) is 2.12. The molecule has 5 heteroatoms. The Labute approximate surface area is 128 Å². The third kappa shape index (κ3) is 3.28. The van der Waals surface area contributed by atoms with Crippen molar-refractivity contribution in [3.05, 3.63) is 58.6 Å². The molecular formula is C16H16ClNO3. The second kappa shape index (κ2) is 6.50. The fraction of sp³-hybridized carbons (Fsp3) is 0.188. The topological polar surface area (TPSA) is 58.6 Å². The van der Waals surface area contributed by atoms with Crippen LogP contribution in [0.3, 0.4) is 0 Å². The molecule has 0 aromatic heterocycles. The maximum atomic E-state index is 11.7. The summed E-state index contributed by atoms with van der Waals surface area (Å²) in [6, 6.07) is 11.5. The summed E-state index contributed by atoms with van der Waals surface area (Å²) in [5.74, 6) is -0.583. The molecule has 0 saturated heterocycles. The number of carboxylic acids is 1. The SMILES string of the molecule is COc1cccc(Cl)c1C(Nc1ccccc1C)C(=O)O. The predicted octanol–water partition coefficient (Wildman–Crippen LogP) is 3.89. The average Bonchev–Trinajstić information content (AvgIpc) is 2.46. The lowest BCUT2D eigenvalue weighted by atomic mass is 10.0. The van der Waals surface area contributed by atoms with Crippen molar-refractivity contribution in [2.24, 2.45) is 0 Å². The zero-order valence-corrected chi connectivity index (χ0v) is 12.5. The first-order chi connectivity index (χ1) is 10.0. The zero-order chi connectivity index (χ0) is 15.4. The van der Waals surface area contributed by atoms with Gasteiger partial charge in [-0.1, -0.05) is 35.9 Å². The van der Waals surface area contributed by atoms with Gasteiger partial charge in [0.25, 0.3) is 0 Å². The molecule has 2 aromatic rings. The summed E-state index contributed by atoms with van der Waals surface area (Å²) in [5.41, 5.74) is 2.11. The number of aryl methyl sites for hydroxylation is 1. The van der Waals surface area contributed by atoms with Gasteiger partial charge in [0.2, 0.25) is 0 Å². The normalized spacial score (nSPS) is 11.8. The Hall–Kier alpha value is -2.20. The standard InChI is InChI=1S/C16H16ClNO3/c1-10-6-3-4-8-12(10)18-15(16(19)20)14-11(17)7-5-9-13(14)21-2/h3-9,15,18H,1-2H3,(H,19,20). The van der Waals surface area contributed by atoms with E-state index in [4.69, 9.17) is 16.3 Å². The van der Waals surface area contributed by atoms with Crippen LogP contribution in [0.1, 0.15) is 17.2 Å². The molecule has 0 spiro atoms. The van der Waals surface area contributed by atoms with Gasteiger partial charge < -0.3 is 15.2 Å². The van der Waals surface area contributed by atoms with Gasteiger partial charge in [0.15, 0.2) is 6.04 Å². The first-order valence-electron chi connectivity index (χ1n) is 6.42. The van der Waals surface area contributed by atoms with E-state index in [1.54, 1.807) is 18.2 Å². The minimum atomic E-state index is -1.02. The van der Waals surface area contributed by atoms with E-state index in [0.717, 1.165) is 11.3 Å². The van der Waals surface area contributed by atoms with E-state index in [1.165, 1.54) is 7.11 Å². The highest BCUT2D eigenvalue weighted by molar-refractivity contribution is 6.31. The van der Waals surface area contributed by atoms with Crippen molar-refractivity contribution in [3.63, 3.8) is 0 Å². The molecule has 0 aliphatic heterocycles. The summed E-state index contributed by atoms with van der Waals surface area (Å²) in [4.78, 5) is 11.7. The van der Waals surface area contributed by atoms with E-state index < -0.39 is 12.0 Å². The summed E-state index contributed by atoms with van der Waals surface area (Å²) >= 11 is 6.17. The number of rotatable bonds is 5. The highest BCUT2D eigenvalue weighted by atomic mass is 35.5. The van der Waals surface area contributed by atoms with Crippen LogP contribution in [0.5, 0.6) is 5.75 Å². The van der Waals surface area contributed by atoms with Gasteiger partial charge >= 0.3 is 5.97 Å². The Bertz CT molecular complexity index is 658. The molecule has 21 heavy (non-hydrogen) atoms. The summed E-state index contributed by atoms with van der Waals surface area (Å²) in [6.07, 6.45) is 0. The molecular weight excluding hydrogens is 290 g/mol. The molecule has 0 aliphatic carbocycles. The quantitative estimate of drug-likeness (QED) is 0.879. The van der Waals surface area contributed by atoms with Crippen LogP contribution >= 0.6 is 11.6 Å². The molecule has 110 valence electrons. The Morgan fingerprint density at radius 3 is 2.57 bits per heavy atom. The van der Waals surface area contributed by atoms with Crippen LogP contribution in [-0.4, -0.2) is 18.2 Å². The molecule has 0 radical (unpaired) electrons. The van der Waals surface area contributed by atoms with E-state index >= 15 is 0 Å². The second-order valence-corrected chi connectivity index (χ2v) is 4.99. The van der Waals surface area contributed by atoms with E-state index in [1.807, 2.05) is 31.2 Å². The number of carbonyl (C=O) groups is 1. The number of hydrogen-bond acceptors (Lipinski definition) is 3. The number of halogens is 1. The summed E-state index contributed by atoms with van der Waals surface area (Å²) in [7, 11) is 1.49. The van der Waals surface area contributed by atoms with Crippen molar-refractivity contribution in [3.8, 4) is 5.75 Å². The van der Waals surface area contributed by atoms with E-state index in [-0.39, 0.29) is 0 Å². The minimum Gasteiger partial charge on any atom is -0.496 e. The van der Waals surface area contributed by atoms with E-state index in [9.17, 15) is 9.90 Å². The number of carboxylic acid groups (broad SMARTS) is 1. The largest absolute Gasteiger partial charge is 0.496 e. The van der Waals surface area contributed by atoms with E-state index in [2.05, 4.69) is 5.32 Å². The molecule has 1 unspecified atom stereocenters. The first kappa shape index (κ1) is 15.2. The van der Waals surface area contributed by atoms with Crippen molar-refractivity contribution in [2.45, 2.75) is 13.0 Å². The molecule has 0 amide bonds. The maximum absolute atomic E-state index is 11.7. The molecule has 2 aromatic carbocycles. The molecule has 0 aliphatic rings. The van der Waals surface area contributed by atoms with Gasteiger partial charge in [0.05, 0.1) is 12.1 Å². The maximum Gasteiger partial charge on any atom is 0.331 e. The molecule has 0 saturated carbocycles. The second-order valence-electron chi connectivity index (χ2n) is 4.59. The van der Waals surface area contributed by atoms with Crippen molar-refractivity contribution in [2.75, 3.05) is 12.4 Å². The van der Waals surface area contributed by atoms with Gasteiger partial charge in [0.1, 0.15) is 5.75 Å². The third-order valence-electron chi connectivity index (χ3n) is 3.21. The lowest BCUT2D eigenvalue weighted by molar-refractivity contribution is -0.138. The van der Waals surface area contributed by atoms with Crippen LogP contribution in [0, 0.1) is 6.92 Å². The van der Waals surface area contributed by atoms with Crippen LogP contribution in [0.25, 0.3) is 0 Å². The number of anilines is 1. The summed E-state index contributed by atoms with van der Waals surface area (Å²) in [6.45, 7) is 1.91. The lowest BCUT2D eigenvalue weighted by Gasteiger charge is -2.20. The fourth-order valence-corrected chi connectivity index (χ4v) is 2.40. The Morgan fingerprint density at radius 1 is 1.24 bits per heavy atom. The van der Waals surface area contributed by atoms with Crippen LogP contribution in [0.2, 0.25) is 5.02 Å². The van der Waals surface area contributed by atoms with Gasteiger partial charge in [-0.2, -0.15) is 0 Å². The van der Waals surface area contributed by atoms with Crippen LogP contribution in [0.15, 0.2) is 42.5 Å². The van der Waals surface area contributed by atoms with Gasteiger partial charge in [-0.25, -0.2) is 4.79 Å². The number of para-hydroxylation sites is 1. The molecule has 1 atom stereocenters. The van der Waals surface area contributed by atoms with Crippen molar-refractivity contribution in [1.82, 2.24) is 0 Å². The molecule has 4 nitrogen and oxygen atoms in total. The lowest BCUT2D eigenvalue weighted by Crippen LogP contribution is -2.22. The first-order valence-corrected chi connectivity index (χ1v) is 6.79. The Balaban J connectivity index is 2.46. The summed E-state index contributed by atoms with van der Waals surface area (Å²) < 4.78 is 5.24. The van der Waals surface area contributed by atoms with Crippen LogP contribution in [0.4, 0.5) is 5.69 Å². The third-order valence-corrected chi connectivity index (χ3v) is 3.54. The molecule has 2 rings (SSSR count). The Morgan fingerprint density at radius 2 is 1.95 bits per heavy atom. The molecule has 0 bridgehead atoms. The highest BCUT2D eigenvalue weighted by Crippen LogP contribution is 2.34. The number of hydrogen-bond donors (Lipinski definition) is 2. The number of nitrogens with one attached hydrogen (secondary N) is 1. The van der Waals surface area contributed by atoms with Crippen LogP contribution < -0.4 is 10.1 Å². The van der Waals surface area contributed by atoms with Crippen molar-refractivity contribution >= 4 is 23.3 Å². The van der Waals surface area contributed by atoms with Gasteiger partial charge in [-0.05, 0) is 30.7 Å². The molecule has 0 heterocycles. The number of benzene rings is 2. The number of ether oxygens (including phenoxy) is 1. The minimum absolute atomic E-state index is 0.350. The summed E-state index contributed by atoms with van der Waals surface area (Å²) in [5, 5.41) is 12.9. The monoisotopic (exact) mass is 305 g/mol. The smallest absolute Gasteiger partial charge is 0.331 e. The Kier molecular flexibility index (Phi) is 4.70. The van der Waals surface area contributed by atoms with Crippen molar-refractivity contribution in [1.29, 1.82) is 0 Å². The van der Waals surface area contributed by atoms with Crippen LogP contribution in [-0.2, 0) is 4.79 Å². The molecule has 0 fully saturated rings. The van der Waals surface area contributed by atoms with Gasteiger partial charge in [0, 0.05) is 11.3 Å². The van der Waals surface area contributed by atoms with E-state index in [0.29, 0.717) is 16.3 Å². The van der Waals surface area contributed by atoms with Gasteiger partial charge in [-0.3, -0.25) is 0 Å². The number of methoxy groups -OCH3 is 1. The number of aliphatic carboxylic acids is 1. The highest BCUT2D eigenvalue weighted by Gasteiger charge is 2.26. The van der Waals surface area contributed by atoms with Crippen molar-refractivity contribution < 1.29 is 14.6 Å². The molecule has 2 N–H and O–H groups in total.